The maximum absolute atomic E-state index is 3.84. The Morgan fingerprint density at radius 3 is 2.61 bits per heavy atom. The van der Waals surface area contributed by atoms with Crippen LogP contribution in [0.4, 0.5) is 0 Å². The van der Waals surface area contributed by atoms with Gasteiger partial charge in [0.25, 0.3) is 0 Å². The molecular weight excluding hydrogens is 218 g/mol. The number of hydrogen-bond donors (Lipinski definition) is 1. The molecular formula is C17H27N. The van der Waals surface area contributed by atoms with Crippen LogP contribution in [0.2, 0.25) is 0 Å². The Bertz CT molecular complexity index is 417. The number of rotatable bonds is 3. The Kier molecular flexibility index (Phi) is 3.55. The molecule has 0 radical (unpaired) electrons. The third-order valence-electron chi connectivity index (χ3n) is 4.57. The minimum absolute atomic E-state index is 0.221. The van der Waals surface area contributed by atoms with Gasteiger partial charge in [-0.05, 0) is 49.7 Å². The van der Waals surface area contributed by atoms with Crippen molar-refractivity contribution in [1.82, 2.24) is 5.32 Å². The summed E-state index contributed by atoms with van der Waals surface area (Å²) in [5, 5.41) is 3.84. The van der Waals surface area contributed by atoms with E-state index in [0.717, 1.165) is 6.42 Å². The Morgan fingerprint density at radius 2 is 1.94 bits per heavy atom. The first-order chi connectivity index (χ1) is 8.36. The largest absolute Gasteiger partial charge is 0.305 e. The van der Waals surface area contributed by atoms with Gasteiger partial charge in [-0.3, -0.25) is 0 Å². The molecule has 100 valence electrons. The zero-order chi connectivity index (χ0) is 13.4. The van der Waals surface area contributed by atoms with Crippen LogP contribution in [0.5, 0.6) is 0 Å². The van der Waals surface area contributed by atoms with Gasteiger partial charge in [0.1, 0.15) is 0 Å². The van der Waals surface area contributed by atoms with E-state index in [9.17, 15) is 0 Å². The SMILES string of the molecule is CCC(C)(C)NC1CCC(C)(C)c2ccccc21. The first-order valence-electron chi connectivity index (χ1n) is 7.23. The van der Waals surface area contributed by atoms with Crippen molar-refractivity contribution < 1.29 is 0 Å². The molecule has 18 heavy (non-hydrogen) atoms. The number of fused-ring (bicyclic) bond motifs is 1. The van der Waals surface area contributed by atoms with E-state index < -0.39 is 0 Å². The smallest absolute Gasteiger partial charge is 0.0328 e. The first kappa shape index (κ1) is 13.6. The highest BCUT2D eigenvalue weighted by molar-refractivity contribution is 5.38. The van der Waals surface area contributed by atoms with Crippen molar-refractivity contribution in [3.05, 3.63) is 35.4 Å². The van der Waals surface area contributed by atoms with Crippen LogP contribution in [0.25, 0.3) is 0 Å². The third-order valence-corrected chi connectivity index (χ3v) is 4.57. The van der Waals surface area contributed by atoms with E-state index in [1.54, 1.807) is 0 Å². The van der Waals surface area contributed by atoms with Crippen LogP contribution in [-0.4, -0.2) is 5.54 Å². The molecule has 1 N–H and O–H groups in total. The van der Waals surface area contributed by atoms with E-state index in [-0.39, 0.29) is 5.54 Å². The zero-order valence-corrected chi connectivity index (χ0v) is 12.5. The summed E-state index contributed by atoms with van der Waals surface area (Å²) in [6.45, 7) is 11.6. The summed E-state index contributed by atoms with van der Waals surface area (Å²) >= 11 is 0. The van der Waals surface area contributed by atoms with Crippen LogP contribution in [0.15, 0.2) is 24.3 Å². The third kappa shape index (κ3) is 2.61. The lowest BCUT2D eigenvalue weighted by Gasteiger charge is -2.40. The normalized spacial score (nSPS) is 22.6. The van der Waals surface area contributed by atoms with Gasteiger partial charge in [-0.15, -0.1) is 0 Å². The van der Waals surface area contributed by atoms with Crippen molar-refractivity contribution in [2.75, 3.05) is 0 Å². The molecule has 0 aromatic heterocycles. The fraction of sp³-hybridized carbons (Fsp3) is 0.647. The Balaban J connectivity index is 2.31. The molecule has 0 aliphatic heterocycles. The minimum Gasteiger partial charge on any atom is -0.305 e. The van der Waals surface area contributed by atoms with Crippen molar-refractivity contribution >= 4 is 0 Å². The molecule has 1 aromatic carbocycles. The number of hydrogen-bond acceptors (Lipinski definition) is 1. The van der Waals surface area contributed by atoms with Crippen LogP contribution >= 0.6 is 0 Å². The van der Waals surface area contributed by atoms with Crippen molar-refractivity contribution in [3.63, 3.8) is 0 Å². The quantitative estimate of drug-likeness (QED) is 0.822. The monoisotopic (exact) mass is 245 g/mol. The summed E-state index contributed by atoms with van der Waals surface area (Å²) in [5.41, 5.74) is 3.58. The van der Waals surface area contributed by atoms with Crippen molar-refractivity contribution in [2.24, 2.45) is 0 Å². The Morgan fingerprint density at radius 1 is 1.28 bits per heavy atom. The van der Waals surface area contributed by atoms with E-state index >= 15 is 0 Å². The maximum Gasteiger partial charge on any atom is 0.0328 e. The number of nitrogens with one attached hydrogen (secondary N) is 1. The fourth-order valence-corrected chi connectivity index (χ4v) is 2.94. The molecule has 0 amide bonds. The van der Waals surface area contributed by atoms with Crippen LogP contribution in [0.1, 0.15) is 71.0 Å². The predicted molar refractivity (Wildman–Crippen MR) is 78.9 cm³/mol. The van der Waals surface area contributed by atoms with E-state index in [4.69, 9.17) is 0 Å². The molecule has 1 unspecified atom stereocenters. The van der Waals surface area contributed by atoms with Gasteiger partial charge in [0.15, 0.2) is 0 Å². The molecule has 0 saturated carbocycles. The van der Waals surface area contributed by atoms with E-state index in [1.165, 1.54) is 24.0 Å². The lowest BCUT2D eigenvalue weighted by Crippen LogP contribution is -2.43. The maximum atomic E-state index is 3.84. The van der Waals surface area contributed by atoms with Crippen LogP contribution in [0, 0.1) is 0 Å². The summed E-state index contributed by atoms with van der Waals surface area (Å²) in [4.78, 5) is 0. The molecule has 1 heteroatoms. The predicted octanol–water partition coefficient (Wildman–Crippen LogP) is 4.58. The van der Waals surface area contributed by atoms with Crippen LogP contribution in [0.3, 0.4) is 0 Å². The Labute approximate surface area is 112 Å². The molecule has 1 aromatic rings. The van der Waals surface area contributed by atoms with Gasteiger partial charge in [-0.2, -0.15) is 0 Å². The average molecular weight is 245 g/mol. The van der Waals surface area contributed by atoms with Crippen molar-refractivity contribution in [3.8, 4) is 0 Å². The molecule has 0 heterocycles. The summed E-state index contributed by atoms with van der Waals surface area (Å²) in [6.07, 6.45) is 3.67. The Hall–Kier alpha value is -0.820. The first-order valence-corrected chi connectivity index (χ1v) is 7.23. The van der Waals surface area contributed by atoms with E-state index in [1.807, 2.05) is 0 Å². The van der Waals surface area contributed by atoms with Gasteiger partial charge in [-0.1, -0.05) is 45.0 Å². The lowest BCUT2D eigenvalue weighted by atomic mass is 9.70. The van der Waals surface area contributed by atoms with Gasteiger partial charge in [0.2, 0.25) is 0 Å². The standard InChI is InChI=1S/C17H27N/c1-6-17(4,5)18-15-11-12-16(2,3)14-10-8-7-9-13(14)15/h7-10,15,18H,6,11-12H2,1-5H3. The van der Waals surface area contributed by atoms with Crippen molar-refractivity contribution in [1.29, 1.82) is 0 Å². The lowest BCUT2D eigenvalue weighted by molar-refractivity contribution is 0.278. The second-order valence-corrected chi connectivity index (χ2v) is 6.94. The molecule has 0 bridgehead atoms. The molecule has 0 spiro atoms. The van der Waals surface area contributed by atoms with Gasteiger partial charge >= 0.3 is 0 Å². The molecule has 1 atom stereocenters. The van der Waals surface area contributed by atoms with Gasteiger partial charge in [-0.25, -0.2) is 0 Å². The average Bonchev–Trinajstić information content (AvgIpc) is 2.33. The molecule has 1 aliphatic carbocycles. The van der Waals surface area contributed by atoms with Crippen LogP contribution in [-0.2, 0) is 5.41 Å². The highest BCUT2D eigenvalue weighted by Gasteiger charge is 2.33. The topological polar surface area (TPSA) is 12.0 Å². The van der Waals surface area contributed by atoms with E-state index in [0.29, 0.717) is 11.5 Å². The number of benzene rings is 1. The van der Waals surface area contributed by atoms with Crippen LogP contribution < -0.4 is 5.32 Å². The second-order valence-electron chi connectivity index (χ2n) is 6.94. The van der Waals surface area contributed by atoms with Gasteiger partial charge < -0.3 is 5.32 Å². The molecule has 1 nitrogen and oxygen atoms in total. The fourth-order valence-electron chi connectivity index (χ4n) is 2.94. The molecule has 2 rings (SSSR count). The highest BCUT2D eigenvalue weighted by atomic mass is 15.0. The highest BCUT2D eigenvalue weighted by Crippen LogP contribution is 2.42. The molecule has 0 saturated heterocycles. The van der Waals surface area contributed by atoms with Crippen molar-refractivity contribution in [2.45, 2.75) is 70.9 Å². The van der Waals surface area contributed by atoms with E-state index in [2.05, 4.69) is 64.2 Å². The molecule has 0 fully saturated rings. The summed E-state index contributed by atoms with van der Waals surface area (Å²) in [5.74, 6) is 0. The second kappa shape index (κ2) is 4.70. The minimum atomic E-state index is 0.221. The van der Waals surface area contributed by atoms with Gasteiger partial charge in [0, 0.05) is 11.6 Å². The summed E-state index contributed by atoms with van der Waals surface area (Å²) < 4.78 is 0. The summed E-state index contributed by atoms with van der Waals surface area (Å²) in [6, 6.07) is 9.48. The van der Waals surface area contributed by atoms with Gasteiger partial charge in [0.05, 0.1) is 0 Å². The zero-order valence-electron chi connectivity index (χ0n) is 12.5. The summed E-state index contributed by atoms with van der Waals surface area (Å²) in [7, 11) is 0. The molecule has 1 aliphatic rings.